The van der Waals surface area contributed by atoms with Crippen LogP contribution in [-0.4, -0.2) is 8.42 Å². The van der Waals surface area contributed by atoms with Crippen LogP contribution in [0.1, 0.15) is 23.6 Å². The van der Waals surface area contributed by atoms with Gasteiger partial charge in [0.15, 0.2) is 0 Å². The van der Waals surface area contributed by atoms with Crippen molar-refractivity contribution in [1.29, 1.82) is 5.26 Å². The van der Waals surface area contributed by atoms with Gasteiger partial charge < -0.3 is 0 Å². The van der Waals surface area contributed by atoms with E-state index >= 15 is 0 Å². The molecule has 0 saturated carbocycles. The number of halogens is 2. The molecule has 0 aliphatic rings. The summed E-state index contributed by atoms with van der Waals surface area (Å²) >= 11 is 5.67. The number of alkyl halides is 1. The third kappa shape index (κ3) is 2.67. The molecule has 0 unspecified atom stereocenters. The molecule has 1 aromatic rings. The highest BCUT2D eigenvalue weighted by Crippen LogP contribution is 2.25. The molecule has 0 amide bonds. The Morgan fingerprint density at radius 3 is 2.38 bits per heavy atom. The Morgan fingerprint density at radius 1 is 1.38 bits per heavy atom. The van der Waals surface area contributed by atoms with Gasteiger partial charge in [-0.05, 0) is 23.6 Å². The minimum Gasteiger partial charge on any atom is -0.207 e. The smallest absolute Gasteiger partial charge is 0.207 e. The maximum atomic E-state index is 11.3. The van der Waals surface area contributed by atoms with Crippen LogP contribution in [0.5, 0.6) is 0 Å². The van der Waals surface area contributed by atoms with Gasteiger partial charge in [-0.2, -0.15) is 5.26 Å². The minimum atomic E-state index is -3.83. The normalized spacial score (nSPS) is 11.1. The molecule has 3 nitrogen and oxygen atoms in total. The molecular weight excluding hydrogens is 269 g/mol. The average molecular weight is 278 g/mol. The summed E-state index contributed by atoms with van der Waals surface area (Å²) in [5.41, 5.74) is 1.43. The van der Waals surface area contributed by atoms with E-state index < -0.39 is 9.05 Å². The molecule has 86 valence electrons. The van der Waals surface area contributed by atoms with E-state index in [-0.39, 0.29) is 16.3 Å². The standard InChI is InChI=1S/C10H9Cl2NO2S/c1-2-7-3-8(5-11)9(6-13)4-10(7)16(12,14)15/h3-4H,2,5H2,1H3. The first-order valence-corrected chi connectivity index (χ1v) is 7.35. The number of benzene rings is 1. The van der Waals surface area contributed by atoms with Crippen LogP contribution in [0.3, 0.4) is 0 Å². The van der Waals surface area contributed by atoms with Crippen molar-refractivity contribution in [3.63, 3.8) is 0 Å². The van der Waals surface area contributed by atoms with Crippen LogP contribution in [0.2, 0.25) is 0 Å². The van der Waals surface area contributed by atoms with E-state index in [0.717, 1.165) is 0 Å². The van der Waals surface area contributed by atoms with Crippen LogP contribution < -0.4 is 0 Å². The number of hydrogen-bond donors (Lipinski definition) is 0. The van der Waals surface area contributed by atoms with Crippen LogP contribution in [0.25, 0.3) is 0 Å². The Kier molecular flexibility index (Phi) is 4.20. The van der Waals surface area contributed by atoms with Crippen molar-refractivity contribution < 1.29 is 8.42 Å². The number of aryl methyl sites for hydroxylation is 1. The van der Waals surface area contributed by atoms with Crippen LogP contribution >= 0.6 is 22.3 Å². The number of rotatable bonds is 3. The predicted molar refractivity (Wildman–Crippen MR) is 63.1 cm³/mol. The zero-order chi connectivity index (χ0) is 12.3. The van der Waals surface area contributed by atoms with Gasteiger partial charge in [-0.1, -0.05) is 13.0 Å². The molecule has 0 spiro atoms. The van der Waals surface area contributed by atoms with Gasteiger partial charge >= 0.3 is 0 Å². The van der Waals surface area contributed by atoms with Gasteiger partial charge in [-0.25, -0.2) is 8.42 Å². The second-order valence-corrected chi connectivity index (χ2v) is 5.96. The van der Waals surface area contributed by atoms with Crippen LogP contribution in [0.4, 0.5) is 0 Å². The quantitative estimate of drug-likeness (QED) is 0.631. The summed E-state index contributed by atoms with van der Waals surface area (Å²) in [6.07, 6.45) is 0.511. The Hall–Kier alpha value is -0.760. The summed E-state index contributed by atoms with van der Waals surface area (Å²) in [5.74, 6) is 0.165. The van der Waals surface area contributed by atoms with E-state index in [1.165, 1.54) is 6.07 Å². The molecule has 16 heavy (non-hydrogen) atoms. The molecule has 0 aliphatic carbocycles. The van der Waals surface area contributed by atoms with Crippen molar-refractivity contribution in [2.45, 2.75) is 24.1 Å². The van der Waals surface area contributed by atoms with Crippen molar-refractivity contribution >= 4 is 31.3 Å². The molecule has 0 heterocycles. The molecule has 0 fully saturated rings. The first kappa shape index (κ1) is 13.3. The SMILES string of the molecule is CCc1cc(CCl)c(C#N)cc1S(=O)(=O)Cl. The van der Waals surface area contributed by atoms with E-state index in [4.69, 9.17) is 27.5 Å². The maximum absolute atomic E-state index is 11.3. The van der Waals surface area contributed by atoms with Crippen molar-refractivity contribution in [3.8, 4) is 6.07 Å². The fourth-order valence-corrected chi connectivity index (χ4v) is 2.82. The molecule has 0 aliphatic heterocycles. The molecule has 0 radical (unpaired) electrons. The molecule has 0 bridgehead atoms. The predicted octanol–water partition coefficient (Wildman–Crippen LogP) is 2.79. The molecule has 0 aromatic heterocycles. The summed E-state index contributed by atoms with van der Waals surface area (Å²) in [6, 6.07) is 4.79. The summed E-state index contributed by atoms with van der Waals surface area (Å²) in [4.78, 5) is -0.0120. The lowest BCUT2D eigenvalue weighted by Crippen LogP contribution is -2.01. The zero-order valence-electron chi connectivity index (χ0n) is 8.50. The fraction of sp³-hybridized carbons (Fsp3) is 0.300. The van der Waals surface area contributed by atoms with Gasteiger partial charge in [0, 0.05) is 16.6 Å². The Balaban J connectivity index is 3.58. The van der Waals surface area contributed by atoms with Crippen LogP contribution in [0.15, 0.2) is 17.0 Å². The first-order valence-electron chi connectivity index (χ1n) is 4.50. The van der Waals surface area contributed by atoms with Gasteiger partial charge in [0.2, 0.25) is 0 Å². The summed E-state index contributed by atoms with van der Waals surface area (Å²) in [7, 11) is 1.47. The lowest BCUT2D eigenvalue weighted by Gasteiger charge is -2.08. The highest BCUT2D eigenvalue weighted by Gasteiger charge is 2.17. The van der Waals surface area contributed by atoms with Gasteiger partial charge in [-0.3, -0.25) is 0 Å². The number of nitrogens with zero attached hydrogens (tertiary/aromatic N) is 1. The second kappa shape index (κ2) is 5.05. The number of hydrogen-bond acceptors (Lipinski definition) is 3. The molecule has 0 saturated heterocycles. The van der Waals surface area contributed by atoms with E-state index in [9.17, 15) is 8.42 Å². The fourth-order valence-electron chi connectivity index (χ4n) is 1.39. The Labute approximate surface area is 104 Å². The molecule has 0 N–H and O–H groups in total. The molecule has 0 atom stereocenters. The molecule has 1 aromatic carbocycles. The average Bonchev–Trinajstić information content (AvgIpc) is 2.25. The van der Waals surface area contributed by atoms with Crippen LogP contribution in [0, 0.1) is 11.3 Å². The number of nitriles is 1. The van der Waals surface area contributed by atoms with Crippen molar-refractivity contribution in [2.75, 3.05) is 0 Å². The lowest BCUT2D eigenvalue weighted by atomic mass is 10.0. The largest absolute Gasteiger partial charge is 0.261 e. The highest BCUT2D eigenvalue weighted by atomic mass is 35.7. The van der Waals surface area contributed by atoms with Crippen LogP contribution in [-0.2, 0) is 21.4 Å². The van der Waals surface area contributed by atoms with E-state index in [1.807, 2.05) is 13.0 Å². The Bertz CT molecular complexity index is 547. The summed E-state index contributed by atoms with van der Waals surface area (Å²) in [5, 5.41) is 8.86. The van der Waals surface area contributed by atoms with Gasteiger partial charge in [0.05, 0.1) is 16.5 Å². The maximum Gasteiger partial charge on any atom is 0.261 e. The Morgan fingerprint density at radius 2 is 2.00 bits per heavy atom. The van der Waals surface area contributed by atoms with E-state index in [1.54, 1.807) is 6.07 Å². The van der Waals surface area contributed by atoms with Crippen molar-refractivity contribution in [3.05, 3.63) is 28.8 Å². The topological polar surface area (TPSA) is 57.9 Å². The molecule has 6 heteroatoms. The third-order valence-corrected chi connectivity index (χ3v) is 3.89. The van der Waals surface area contributed by atoms with E-state index in [0.29, 0.717) is 17.5 Å². The summed E-state index contributed by atoms with van der Waals surface area (Å²) in [6.45, 7) is 1.81. The zero-order valence-corrected chi connectivity index (χ0v) is 10.8. The van der Waals surface area contributed by atoms with Gasteiger partial charge in [0.25, 0.3) is 9.05 Å². The monoisotopic (exact) mass is 277 g/mol. The third-order valence-electron chi connectivity index (χ3n) is 2.19. The minimum absolute atomic E-state index is 0.0120. The van der Waals surface area contributed by atoms with Gasteiger partial charge in [-0.15, -0.1) is 11.6 Å². The highest BCUT2D eigenvalue weighted by molar-refractivity contribution is 8.13. The molecular formula is C10H9Cl2NO2S. The van der Waals surface area contributed by atoms with Crippen molar-refractivity contribution in [1.82, 2.24) is 0 Å². The lowest BCUT2D eigenvalue weighted by molar-refractivity contribution is 0.608. The van der Waals surface area contributed by atoms with Gasteiger partial charge in [0.1, 0.15) is 0 Å². The van der Waals surface area contributed by atoms with Crippen molar-refractivity contribution in [2.24, 2.45) is 0 Å². The summed E-state index contributed by atoms with van der Waals surface area (Å²) < 4.78 is 22.6. The molecule has 1 rings (SSSR count). The first-order chi connectivity index (χ1) is 7.43. The second-order valence-electron chi connectivity index (χ2n) is 3.15. The van der Waals surface area contributed by atoms with E-state index in [2.05, 4.69) is 0 Å².